The molecule has 1 fully saturated rings. The van der Waals surface area contributed by atoms with E-state index >= 15 is 0 Å². The number of likely N-dealkylation sites (tertiary alicyclic amines) is 1. The Morgan fingerprint density at radius 3 is 2.77 bits per heavy atom. The maximum atomic E-state index is 12.9. The number of carbonyl (C=O) groups is 1. The van der Waals surface area contributed by atoms with Gasteiger partial charge in [0, 0.05) is 43.7 Å². The fourth-order valence-corrected chi connectivity index (χ4v) is 4.02. The van der Waals surface area contributed by atoms with Gasteiger partial charge in [0.2, 0.25) is 5.91 Å². The van der Waals surface area contributed by atoms with Crippen LogP contribution in [0.3, 0.4) is 0 Å². The summed E-state index contributed by atoms with van der Waals surface area (Å²) >= 11 is 0. The van der Waals surface area contributed by atoms with Gasteiger partial charge in [0.25, 0.3) is 0 Å². The number of hydrogen-bond acceptors (Lipinski definition) is 4. The normalized spacial score (nSPS) is 21.5. The lowest BCUT2D eigenvalue weighted by molar-refractivity contribution is -0.133. The van der Waals surface area contributed by atoms with E-state index in [-0.39, 0.29) is 11.8 Å². The molecule has 5 nitrogen and oxygen atoms in total. The first-order valence-electron chi connectivity index (χ1n) is 9.49. The van der Waals surface area contributed by atoms with Gasteiger partial charge in [-0.1, -0.05) is 30.3 Å². The van der Waals surface area contributed by atoms with E-state index in [1.165, 1.54) is 0 Å². The van der Waals surface area contributed by atoms with Crippen LogP contribution in [0.2, 0.25) is 0 Å². The first-order chi connectivity index (χ1) is 12.6. The Morgan fingerprint density at radius 2 is 2.04 bits per heavy atom. The van der Waals surface area contributed by atoms with E-state index in [2.05, 4.69) is 16.9 Å². The molecule has 3 heterocycles. The fraction of sp³-hybridized carbons (Fsp3) is 0.476. The van der Waals surface area contributed by atoms with E-state index < -0.39 is 0 Å². The highest BCUT2D eigenvalue weighted by Gasteiger charge is 2.28. The summed E-state index contributed by atoms with van der Waals surface area (Å²) in [6, 6.07) is 10.00. The lowest BCUT2D eigenvalue weighted by Gasteiger charge is -2.30. The Morgan fingerprint density at radius 1 is 1.23 bits per heavy atom. The third kappa shape index (κ3) is 3.36. The highest BCUT2D eigenvalue weighted by Crippen LogP contribution is 2.27. The number of amides is 1. The van der Waals surface area contributed by atoms with Gasteiger partial charge in [0.05, 0.1) is 11.6 Å². The van der Waals surface area contributed by atoms with E-state index in [1.807, 2.05) is 48.4 Å². The van der Waals surface area contributed by atoms with E-state index in [4.69, 9.17) is 4.98 Å². The van der Waals surface area contributed by atoms with Gasteiger partial charge in [-0.15, -0.1) is 0 Å². The molecule has 1 aromatic carbocycles. The predicted octanol–water partition coefficient (Wildman–Crippen LogP) is 2.58. The van der Waals surface area contributed by atoms with Crippen molar-refractivity contribution in [1.29, 1.82) is 0 Å². The zero-order valence-electron chi connectivity index (χ0n) is 15.6. The lowest BCUT2D eigenvalue weighted by Crippen LogP contribution is -2.39. The third-order valence-electron chi connectivity index (χ3n) is 5.69. The Balaban J connectivity index is 1.47. The van der Waals surface area contributed by atoms with Crippen molar-refractivity contribution in [1.82, 2.24) is 19.8 Å². The van der Waals surface area contributed by atoms with Gasteiger partial charge in [0.1, 0.15) is 5.82 Å². The Bertz CT molecular complexity index is 792. The molecule has 0 spiro atoms. The Hall–Kier alpha value is -2.27. The molecule has 0 saturated carbocycles. The Kier molecular flexibility index (Phi) is 4.72. The maximum absolute atomic E-state index is 12.9. The number of rotatable bonds is 3. The molecule has 2 aromatic rings. The summed E-state index contributed by atoms with van der Waals surface area (Å²) in [6.07, 6.45) is 3.90. The number of likely N-dealkylation sites (N-methyl/N-ethyl adjacent to an activating group) is 1. The van der Waals surface area contributed by atoms with Gasteiger partial charge >= 0.3 is 0 Å². The molecule has 0 N–H and O–H groups in total. The fourth-order valence-electron chi connectivity index (χ4n) is 4.02. The van der Waals surface area contributed by atoms with Crippen LogP contribution >= 0.6 is 0 Å². The summed E-state index contributed by atoms with van der Waals surface area (Å²) in [4.78, 5) is 26.7. The minimum atomic E-state index is -0.119. The second-order valence-corrected chi connectivity index (χ2v) is 7.59. The monoisotopic (exact) mass is 350 g/mol. The SMILES string of the molecule is CC(C(=O)N1CCc2nc(C3CCN(C)C3)ncc2C1)c1ccccc1. The van der Waals surface area contributed by atoms with Crippen LogP contribution in [0.1, 0.15) is 47.8 Å². The van der Waals surface area contributed by atoms with E-state index in [0.717, 1.165) is 55.1 Å². The Labute approximate surface area is 155 Å². The quantitative estimate of drug-likeness (QED) is 0.854. The highest BCUT2D eigenvalue weighted by molar-refractivity contribution is 5.83. The van der Waals surface area contributed by atoms with Gasteiger partial charge in [-0.25, -0.2) is 9.97 Å². The second kappa shape index (κ2) is 7.16. The first-order valence-corrected chi connectivity index (χ1v) is 9.49. The van der Waals surface area contributed by atoms with Crippen molar-refractivity contribution in [3.05, 3.63) is 59.2 Å². The van der Waals surface area contributed by atoms with Gasteiger partial charge in [0.15, 0.2) is 0 Å². The average Bonchev–Trinajstić information content (AvgIpc) is 3.13. The topological polar surface area (TPSA) is 49.3 Å². The molecular formula is C21H26N4O. The van der Waals surface area contributed by atoms with Gasteiger partial charge in [-0.05, 0) is 32.5 Å². The highest BCUT2D eigenvalue weighted by atomic mass is 16.2. The summed E-state index contributed by atoms with van der Waals surface area (Å²) in [5, 5.41) is 0. The van der Waals surface area contributed by atoms with Crippen LogP contribution in [0.5, 0.6) is 0 Å². The summed E-state index contributed by atoms with van der Waals surface area (Å²) in [5.74, 6) is 1.49. The molecule has 136 valence electrons. The number of benzene rings is 1. The summed E-state index contributed by atoms with van der Waals surface area (Å²) in [5.41, 5.74) is 3.29. The van der Waals surface area contributed by atoms with Gasteiger partial charge in [-0.3, -0.25) is 4.79 Å². The van der Waals surface area contributed by atoms with Crippen molar-refractivity contribution in [2.24, 2.45) is 0 Å². The molecule has 0 bridgehead atoms. The van der Waals surface area contributed by atoms with Gasteiger partial charge in [-0.2, -0.15) is 0 Å². The molecule has 1 amide bonds. The van der Waals surface area contributed by atoms with Crippen molar-refractivity contribution in [3.63, 3.8) is 0 Å². The van der Waals surface area contributed by atoms with E-state index in [0.29, 0.717) is 12.5 Å². The van der Waals surface area contributed by atoms with Crippen LogP contribution in [0, 0.1) is 0 Å². The maximum Gasteiger partial charge on any atom is 0.230 e. The standard InChI is InChI=1S/C21H26N4O/c1-15(16-6-4-3-5-7-16)21(26)25-11-9-19-18(14-25)12-22-20(23-19)17-8-10-24(2)13-17/h3-7,12,15,17H,8-11,13-14H2,1-2H3. The molecule has 5 heteroatoms. The number of carbonyl (C=O) groups excluding carboxylic acids is 1. The van der Waals surface area contributed by atoms with Crippen LogP contribution in [0.25, 0.3) is 0 Å². The number of hydrogen-bond donors (Lipinski definition) is 0. The summed E-state index contributed by atoms with van der Waals surface area (Å²) in [7, 11) is 2.15. The molecule has 1 aromatic heterocycles. The minimum absolute atomic E-state index is 0.119. The zero-order chi connectivity index (χ0) is 18.1. The zero-order valence-corrected chi connectivity index (χ0v) is 15.6. The number of fused-ring (bicyclic) bond motifs is 1. The average molecular weight is 350 g/mol. The van der Waals surface area contributed by atoms with Gasteiger partial charge < -0.3 is 9.80 Å². The molecule has 2 unspecified atom stereocenters. The molecule has 2 aliphatic heterocycles. The van der Waals surface area contributed by atoms with Crippen molar-refractivity contribution >= 4 is 5.91 Å². The van der Waals surface area contributed by atoms with Crippen molar-refractivity contribution in [2.75, 3.05) is 26.7 Å². The van der Waals surface area contributed by atoms with Crippen LogP contribution in [-0.4, -0.2) is 52.4 Å². The molecule has 26 heavy (non-hydrogen) atoms. The minimum Gasteiger partial charge on any atom is -0.337 e. The van der Waals surface area contributed by atoms with Crippen LogP contribution in [-0.2, 0) is 17.8 Å². The van der Waals surface area contributed by atoms with Crippen LogP contribution in [0.4, 0.5) is 0 Å². The van der Waals surface area contributed by atoms with E-state index in [1.54, 1.807) is 0 Å². The molecule has 0 radical (unpaired) electrons. The van der Waals surface area contributed by atoms with Crippen molar-refractivity contribution in [2.45, 2.75) is 38.1 Å². The molecule has 2 aliphatic rings. The molecule has 0 aliphatic carbocycles. The molecular weight excluding hydrogens is 324 g/mol. The molecule has 4 rings (SSSR count). The smallest absolute Gasteiger partial charge is 0.230 e. The van der Waals surface area contributed by atoms with Crippen LogP contribution in [0.15, 0.2) is 36.5 Å². The number of aromatic nitrogens is 2. The largest absolute Gasteiger partial charge is 0.337 e. The van der Waals surface area contributed by atoms with Crippen molar-refractivity contribution in [3.8, 4) is 0 Å². The predicted molar refractivity (Wildman–Crippen MR) is 101 cm³/mol. The number of nitrogens with zero attached hydrogens (tertiary/aromatic N) is 4. The lowest BCUT2D eigenvalue weighted by atomic mass is 9.98. The molecule has 1 saturated heterocycles. The molecule has 2 atom stereocenters. The second-order valence-electron chi connectivity index (χ2n) is 7.59. The van der Waals surface area contributed by atoms with Crippen LogP contribution < -0.4 is 0 Å². The van der Waals surface area contributed by atoms with Crippen molar-refractivity contribution < 1.29 is 4.79 Å². The third-order valence-corrected chi connectivity index (χ3v) is 5.69. The first kappa shape index (κ1) is 17.2. The summed E-state index contributed by atoms with van der Waals surface area (Å²) in [6.45, 7) is 5.51. The van der Waals surface area contributed by atoms with E-state index in [9.17, 15) is 4.79 Å². The summed E-state index contributed by atoms with van der Waals surface area (Å²) < 4.78 is 0.